The largest absolute Gasteiger partial charge is 0.351 e. The molecular formula is C14H28N2O. The smallest absolute Gasteiger partial charge is 0.243 e. The van der Waals surface area contributed by atoms with Crippen LogP contribution in [0.3, 0.4) is 0 Å². The lowest BCUT2D eigenvalue weighted by Crippen LogP contribution is -2.27. The Balaban J connectivity index is 3.21. The van der Waals surface area contributed by atoms with E-state index in [9.17, 15) is 4.79 Å². The fraction of sp³-hybridized carbons (Fsp3) is 0.786. The summed E-state index contributed by atoms with van der Waals surface area (Å²) in [6.45, 7) is 3.29. The van der Waals surface area contributed by atoms with Gasteiger partial charge in [0.2, 0.25) is 5.91 Å². The zero-order chi connectivity index (χ0) is 12.8. The lowest BCUT2D eigenvalue weighted by Gasteiger charge is -1.99. The first-order valence-electron chi connectivity index (χ1n) is 6.95. The molecule has 0 saturated carbocycles. The van der Waals surface area contributed by atoms with Crippen LogP contribution in [0, 0.1) is 0 Å². The fourth-order valence-electron chi connectivity index (χ4n) is 1.66. The molecule has 0 spiro atoms. The van der Waals surface area contributed by atoms with Crippen molar-refractivity contribution >= 4 is 5.91 Å². The molecule has 0 aromatic carbocycles. The van der Waals surface area contributed by atoms with Crippen molar-refractivity contribution < 1.29 is 4.79 Å². The molecule has 0 fully saturated rings. The zero-order valence-electron chi connectivity index (χ0n) is 11.2. The van der Waals surface area contributed by atoms with Gasteiger partial charge in [-0.05, 0) is 18.9 Å². The Kier molecular flexibility index (Phi) is 12.6. The van der Waals surface area contributed by atoms with E-state index in [1.165, 1.54) is 44.9 Å². The third-order valence-corrected chi connectivity index (χ3v) is 2.69. The van der Waals surface area contributed by atoms with Crippen molar-refractivity contribution in [2.45, 2.75) is 58.3 Å². The molecule has 100 valence electrons. The topological polar surface area (TPSA) is 55.1 Å². The van der Waals surface area contributed by atoms with Crippen molar-refractivity contribution in [1.29, 1.82) is 0 Å². The molecule has 0 atom stereocenters. The van der Waals surface area contributed by atoms with E-state index in [1.807, 2.05) is 6.08 Å². The minimum atomic E-state index is -0.0293. The highest BCUT2D eigenvalue weighted by Crippen LogP contribution is 2.08. The summed E-state index contributed by atoms with van der Waals surface area (Å²) < 4.78 is 0. The van der Waals surface area contributed by atoms with Crippen LogP contribution in [-0.2, 0) is 4.79 Å². The van der Waals surface area contributed by atoms with Gasteiger partial charge < -0.3 is 11.1 Å². The highest BCUT2D eigenvalue weighted by atomic mass is 16.1. The van der Waals surface area contributed by atoms with Crippen LogP contribution in [0.1, 0.15) is 58.3 Å². The molecular weight excluding hydrogens is 212 g/mol. The van der Waals surface area contributed by atoms with Crippen molar-refractivity contribution in [3.63, 3.8) is 0 Å². The molecule has 0 aromatic heterocycles. The van der Waals surface area contributed by atoms with Crippen LogP contribution in [0.25, 0.3) is 0 Å². The highest BCUT2D eigenvalue weighted by molar-refractivity contribution is 5.87. The summed E-state index contributed by atoms with van der Waals surface area (Å²) in [6.07, 6.45) is 13.8. The van der Waals surface area contributed by atoms with Crippen LogP contribution in [0.5, 0.6) is 0 Å². The van der Waals surface area contributed by atoms with Crippen LogP contribution in [-0.4, -0.2) is 19.0 Å². The molecule has 0 saturated heterocycles. The van der Waals surface area contributed by atoms with Crippen molar-refractivity contribution in [1.82, 2.24) is 5.32 Å². The summed E-state index contributed by atoms with van der Waals surface area (Å²) in [5.41, 5.74) is 5.28. The first-order chi connectivity index (χ1) is 8.31. The summed E-state index contributed by atoms with van der Waals surface area (Å²) in [6, 6.07) is 0. The predicted molar refractivity (Wildman–Crippen MR) is 73.8 cm³/mol. The van der Waals surface area contributed by atoms with Crippen molar-refractivity contribution in [2.24, 2.45) is 5.73 Å². The number of nitrogens with one attached hydrogen (secondary N) is 1. The average Bonchev–Trinajstić information content (AvgIpc) is 2.34. The van der Waals surface area contributed by atoms with Crippen LogP contribution < -0.4 is 11.1 Å². The quantitative estimate of drug-likeness (QED) is 0.431. The third kappa shape index (κ3) is 13.1. The first-order valence-corrected chi connectivity index (χ1v) is 6.95. The number of unbranched alkanes of at least 4 members (excludes halogenated alkanes) is 7. The van der Waals surface area contributed by atoms with Gasteiger partial charge in [-0.1, -0.05) is 51.5 Å². The van der Waals surface area contributed by atoms with Gasteiger partial charge in [0.05, 0.1) is 0 Å². The van der Waals surface area contributed by atoms with Gasteiger partial charge in [-0.25, -0.2) is 0 Å². The lowest BCUT2D eigenvalue weighted by atomic mass is 10.1. The summed E-state index contributed by atoms with van der Waals surface area (Å²) in [5, 5.41) is 2.71. The number of carbonyl (C=O) groups is 1. The lowest BCUT2D eigenvalue weighted by molar-refractivity contribution is -0.116. The molecule has 0 aliphatic rings. The second-order valence-corrected chi connectivity index (χ2v) is 4.39. The maximum atomic E-state index is 11.2. The van der Waals surface area contributed by atoms with Gasteiger partial charge in [-0.3, -0.25) is 4.79 Å². The maximum absolute atomic E-state index is 11.2. The highest BCUT2D eigenvalue weighted by Gasteiger charge is 1.92. The van der Waals surface area contributed by atoms with E-state index in [2.05, 4.69) is 12.2 Å². The average molecular weight is 240 g/mol. The number of hydrogen-bond donors (Lipinski definition) is 2. The minimum absolute atomic E-state index is 0.0293. The van der Waals surface area contributed by atoms with Crippen molar-refractivity contribution in [3.05, 3.63) is 12.2 Å². The summed E-state index contributed by atoms with van der Waals surface area (Å²) >= 11 is 0. The molecule has 0 aliphatic carbocycles. The van der Waals surface area contributed by atoms with Crippen molar-refractivity contribution in [3.8, 4) is 0 Å². The molecule has 3 heteroatoms. The molecule has 0 radical (unpaired) electrons. The second kappa shape index (κ2) is 13.2. The molecule has 0 bridgehead atoms. The number of amides is 1. The monoisotopic (exact) mass is 240 g/mol. The molecule has 0 aliphatic heterocycles. The minimum Gasteiger partial charge on any atom is -0.351 e. The van der Waals surface area contributed by atoms with E-state index in [0.29, 0.717) is 13.1 Å². The van der Waals surface area contributed by atoms with E-state index in [1.54, 1.807) is 6.08 Å². The Hall–Kier alpha value is -0.830. The molecule has 3 N–H and O–H groups in total. The molecule has 0 heterocycles. The van der Waals surface area contributed by atoms with Gasteiger partial charge in [-0.15, -0.1) is 0 Å². The molecule has 0 aromatic rings. The van der Waals surface area contributed by atoms with E-state index in [4.69, 9.17) is 5.73 Å². The Labute approximate surface area is 106 Å². The number of allylic oxidation sites excluding steroid dienone is 1. The van der Waals surface area contributed by atoms with Gasteiger partial charge in [0.1, 0.15) is 0 Å². The number of hydrogen-bond acceptors (Lipinski definition) is 2. The van der Waals surface area contributed by atoms with Gasteiger partial charge in [0.15, 0.2) is 0 Å². The normalized spacial score (nSPS) is 10.9. The molecule has 17 heavy (non-hydrogen) atoms. The second-order valence-electron chi connectivity index (χ2n) is 4.39. The van der Waals surface area contributed by atoms with Crippen LogP contribution in [0.15, 0.2) is 12.2 Å². The van der Waals surface area contributed by atoms with Gasteiger partial charge >= 0.3 is 0 Å². The number of rotatable bonds is 11. The molecule has 3 nitrogen and oxygen atoms in total. The van der Waals surface area contributed by atoms with Crippen LogP contribution in [0.2, 0.25) is 0 Å². The molecule has 0 unspecified atom stereocenters. The van der Waals surface area contributed by atoms with E-state index < -0.39 is 0 Å². The van der Waals surface area contributed by atoms with Gasteiger partial charge in [0.25, 0.3) is 0 Å². The van der Waals surface area contributed by atoms with Gasteiger partial charge in [0, 0.05) is 13.1 Å². The van der Waals surface area contributed by atoms with E-state index >= 15 is 0 Å². The number of nitrogens with two attached hydrogens (primary N) is 1. The standard InChI is InChI=1S/C14H28N2O/c1-2-3-4-5-6-7-8-9-10-11-14(17)16-13-12-15/h10-11H,2-9,12-13,15H2,1H3,(H,16,17). The first kappa shape index (κ1) is 16.2. The SMILES string of the molecule is CCCCCCCCCC=CC(=O)NCCN. The number of carbonyl (C=O) groups excluding carboxylic acids is 1. The van der Waals surface area contributed by atoms with E-state index in [-0.39, 0.29) is 5.91 Å². The maximum Gasteiger partial charge on any atom is 0.243 e. The summed E-state index contributed by atoms with van der Waals surface area (Å²) in [7, 11) is 0. The molecule has 1 amide bonds. The van der Waals surface area contributed by atoms with E-state index in [0.717, 1.165) is 6.42 Å². The third-order valence-electron chi connectivity index (χ3n) is 2.69. The Morgan fingerprint density at radius 2 is 1.76 bits per heavy atom. The summed E-state index contributed by atoms with van der Waals surface area (Å²) in [5.74, 6) is -0.0293. The van der Waals surface area contributed by atoms with Crippen LogP contribution >= 0.6 is 0 Å². The van der Waals surface area contributed by atoms with Crippen LogP contribution in [0.4, 0.5) is 0 Å². The zero-order valence-corrected chi connectivity index (χ0v) is 11.2. The fourth-order valence-corrected chi connectivity index (χ4v) is 1.66. The Morgan fingerprint density at radius 1 is 1.12 bits per heavy atom. The molecule has 0 rings (SSSR count). The van der Waals surface area contributed by atoms with Crippen molar-refractivity contribution in [2.75, 3.05) is 13.1 Å². The Morgan fingerprint density at radius 3 is 2.41 bits per heavy atom. The predicted octanol–water partition coefficient (Wildman–Crippen LogP) is 2.76. The van der Waals surface area contributed by atoms with Gasteiger partial charge in [-0.2, -0.15) is 0 Å². The Bertz CT molecular complexity index is 202. The summed E-state index contributed by atoms with van der Waals surface area (Å²) in [4.78, 5) is 11.2.